The number of aliphatic hydroxyl groups is 1. The molecule has 0 aromatic carbocycles. The third-order valence-electron chi connectivity index (χ3n) is 8.88. The van der Waals surface area contributed by atoms with Gasteiger partial charge in [-0.3, -0.25) is 9.59 Å². The lowest BCUT2D eigenvalue weighted by Gasteiger charge is -2.61. The first kappa shape index (κ1) is 21.7. The summed E-state index contributed by atoms with van der Waals surface area (Å²) in [4.78, 5) is 24.5. The van der Waals surface area contributed by atoms with E-state index in [1.807, 2.05) is 13.8 Å². The summed E-state index contributed by atoms with van der Waals surface area (Å²) in [5, 5.41) is 11.3. The predicted octanol–water partition coefficient (Wildman–Crippen LogP) is 4.71. The van der Waals surface area contributed by atoms with E-state index in [1.54, 1.807) is 19.1 Å². The van der Waals surface area contributed by atoms with Crippen molar-refractivity contribution in [2.45, 2.75) is 91.0 Å². The number of carbonyl (C=O) groups excluding carboxylic acids is 2. The minimum atomic E-state index is -1.83. The summed E-state index contributed by atoms with van der Waals surface area (Å²) in [5.74, 6) is -0.427. The number of carbonyl (C=O) groups is 2. The van der Waals surface area contributed by atoms with E-state index in [1.165, 1.54) is 0 Å². The van der Waals surface area contributed by atoms with E-state index < -0.39 is 22.6 Å². The number of ether oxygens (including phenoxy) is 1. The van der Waals surface area contributed by atoms with Crippen molar-refractivity contribution < 1.29 is 23.8 Å². The molecule has 4 aliphatic rings. The standard InChI is InChI=1S/C25H35FO4/c1-6-7-21(29)30-22-14(2)10-18-17-9-8-16-11-19(27)15(3)12-24(16,5)25(17,26)20(28)13-23(18,22)4/h11-12,14,17-18,20,22,28H,6-10,13H2,1-5H3/t14-,17+,18+,20+,22-,23+,24+,25+/m1/s1. The highest BCUT2D eigenvalue weighted by Crippen LogP contribution is 2.69. The smallest absolute Gasteiger partial charge is 0.306 e. The Kier molecular flexibility index (Phi) is 5.08. The number of esters is 1. The Morgan fingerprint density at radius 2 is 2.03 bits per heavy atom. The first-order valence-corrected chi connectivity index (χ1v) is 11.5. The fourth-order valence-corrected chi connectivity index (χ4v) is 7.47. The average molecular weight is 419 g/mol. The molecule has 30 heavy (non-hydrogen) atoms. The van der Waals surface area contributed by atoms with Crippen molar-refractivity contribution in [3.63, 3.8) is 0 Å². The molecule has 0 spiro atoms. The molecule has 0 saturated heterocycles. The van der Waals surface area contributed by atoms with E-state index in [-0.39, 0.29) is 42.0 Å². The van der Waals surface area contributed by atoms with Gasteiger partial charge in [-0.1, -0.05) is 32.4 Å². The number of hydrogen-bond donors (Lipinski definition) is 1. The number of ketones is 1. The van der Waals surface area contributed by atoms with E-state index in [4.69, 9.17) is 4.74 Å². The summed E-state index contributed by atoms with van der Waals surface area (Å²) in [7, 11) is 0. The number of aliphatic hydroxyl groups excluding tert-OH is 1. The molecule has 0 unspecified atom stereocenters. The highest BCUT2D eigenvalue weighted by molar-refractivity contribution is 6.05. The summed E-state index contributed by atoms with van der Waals surface area (Å²) in [6.45, 7) is 9.69. The molecule has 4 rings (SSSR count). The lowest BCUT2D eigenvalue weighted by molar-refractivity contribution is -0.207. The Balaban J connectivity index is 1.73. The Morgan fingerprint density at radius 1 is 1.33 bits per heavy atom. The molecule has 4 aliphatic carbocycles. The zero-order valence-corrected chi connectivity index (χ0v) is 18.8. The van der Waals surface area contributed by atoms with Crippen molar-refractivity contribution in [1.29, 1.82) is 0 Å². The van der Waals surface area contributed by atoms with Crippen LogP contribution in [-0.4, -0.2) is 34.7 Å². The van der Waals surface area contributed by atoms with E-state index >= 15 is 4.39 Å². The van der Waals surface area contributed by atoms with Crippen molar-refractivity contribution in [2.24, 2.45) is 28.6 Å². The summed E-state index contributed by atoms with van der Waals surface area (Å²) >= 11 is 0. The zero-order chi connectivity index (χ0) is 22.1. The molecule has 8 atom stereocenters. The van der Waals surface area contributed by atoms with Gasteiger partial charge in [0.25, 0.3) is 0 Å². The highest BCUT2D eigenvalue weighted by Gasteiger charge is 2.71. The largest absolute Gasteiger partial charge is 0.461 e. The normalized spacial score (nSPS) is 47.6. The van der Waals surface area contributed by atoms with Crippen LogP contribution in [0.5, 0.6) is 0 Å². The van der Waals surface area contributed by atoms with Gasteiger partial charge in [-0.05, 0) is 69.4 Å². The van der Waals surface area contributed by atoms with Gasteiger partial charge in [-0.2, -0.15) is 0 Å². The maximum Gasteiger partial charge on any atom is 0.306 e. The summed E-state index contributed by atoms with van der Waals surface area (Å²) in [6, 6.07) is 0. The van der Waals surface area contributed by atoms with E-state index in [0.29, 0.717) is 24.8 Å². The summed E-state index contributed by atoms with van der Waals surface area (Å²) < 4.78 is 23.0. The van der Waals surface area contributed by atoms with Crippen LogP contribution in [-0.2, 0) is 14.3 Å². The maximum absolute atomic E-state index is 17.1. The van der Waals surface area contributed by atoms with Crippen molar-refractivity contribution in [1.82, 2.24) is 0 Å². The molecule has 0 heterocycles. The Labute approximate surface area is 178 Å². The molecule has 5 heteroatoms. The number of fused-ring (bicyclic) bond motifs is 5. The second-order valence-electron chi connectivity index (χ2n) is 10.7. The van der Waals surface area contributed by atoms with Crippen LogP contribution in [0.3, 0.4) is 0 Å². The number of halogens is 1. The third-order valence-corrected chi connectivity index (χ3v) is 8.88. The van der Waals surface area contributed by atoms with Crippen LogP contribution in [0.15, 0.2) is 23.3 Å². The van der Waals surface area contributed by atoms with Gasteiger partial charge in [0.15, 0.2) is 11.5 Å². The van der Waals surface area contributed by atoms with E-state index in [0.717, 1.165) is 18.4 Å². The summed E-state index contributed by atoms with van der Waals surface area (Å²) in [6.07, 6.45) is 5.34. The van der Waals surface area contributed by atoms with Crippen LogP contribution in [0.25, 0.3) is 0 Å². The molecule has 4 nitrogen and oxygen atoms in total. The first-order valence-electron chi connectivity index (χ1n) is 11.5. The topological polar surface area (TPSA) is 63.6 Å². The highest BCUT2D eigenvalue weighted by atomic mass is 19.1. The predicted molar refractivity (Wildman–Crippen MR) is 112 cm³/mol. The van der Waals surface area contributed by atoms with Gasteiger partial charge >= 0.3 is 5.97 Å². The van der Waals surface area contributed by atoms with Crippen LogP contribution in [0, 0.1) is 28.6 Å². The SMILES string of the molecule is CCCC(=O)O[C@@H]1[C@H](C)C[C@H]2[C@@H]3CCC4=CC(=O)C(C)=C[C@]4(C)[C@@]3(F)[C@@H](O)C[C@]12C. The van der Waals surface area contributed by atoms with Crippen LogP contribution < -0.4 is 0 Å². The van der Waals surface area contributed by atoms with Crippen molar-refractivity contribution in [2.75, 3.05) is 0 Å². The molecule has 0 aromatic heterocycles. The molecule has 3 fully saturated rings. The van der Waals surface area contributed by atoms with Crippen molar-refractivity contribution in [3.05, 3.63) is 23.3 Å². The quantitative estimate of drug-likeness (QED) is 0.675. The minimum absolute atomic E-state index is 0.0324. The van der Waals surface area contributed by atoms with Crippen molar-refractivity contribution >= 4 is 11.8 Å². The molecule has 0 amide bonds. The molecule has 0 radical (unpaired) electrons. The lowest BCUT2D eigenvalue weighted by Crippen LogP contribution is -2.67. The number of rotatable bonds is 3. The molecular formula is C25H35FO4. The van der Waals surface area contributed by atoms with Gasteiger partial charge in [0, 0.05) is 23.2 Å². The maximum atomic E-state index is 17.1. The average Bonchev–Trinajstić information content (AvgIpc) is 2.89. The van der Waals surface area contributed by atoms with Gasteiger partial charge in [-0.15, -0.1) is 0 Å². The molecule has 1 N–H and O–H groups in total. The van der Waals surface area contributed by atoms with Crippen LogP contribution in [0.4, 0.5) is 4.39 Å². The third kappa shape index (κ3) is 2.73. The molecule has 3 saturated carbocycles. The van der Waals surface area contributed by atoms with Gasteiger partial charge in [0.2, 0.25) is 0 Å². The zero-order valence-electron chi connectivity index (χ0n) is 18.8. The van der Waals surface area contributed by atoms with Gasteiger partial charge in [0.05, 0.1) is 6.10 Å². The molecule has 0 bridgehead atoms. The second-order valence-corrected chi connectivity index (χ2v) is 10.7. The van der Waals surface area contributed by atoms with E-state index in [2.05, 4.69) is 13.8 Å². The number of hydrogen-bond acceptors (Lipinski definition) is 4. The monoisotopic (exact) mass is 418 g/mol. The van der Waals surface area contributed by atoms with Crippen LogP contribution >= 0.6 is 0 Å². The molecule has 0 aromatic rings. The van der Waals surface area contributed by atoms with Gasteiger partial charge < -0.3 is 9.84 Å². The summed E-state index contributed by atoms with van der Waals surface area (Å²) in [5.41, 5.74) is -1.90. The molecular weight excluding hydrogens is 383 g/mol. The lowest BCUT2D eigenvalue weighted by atomic mass is 9.45. The van der Waals surface area contributed by atoms with Crippen LogP contribution in [0.2, 0.25) is 0 Å². The van der Waals surface area contributed by atoms with E-state index in [9.17, 15) is 14.7 Å². The second kappa shape index (κ2) is 7.01. The van der Waals surface area contributed by atoms with Crippen LogP contribution in [0.1, 0.15) is 73.1 Å². The van der Waals surface area contributed by atoms with Crippen molar-refractivity contribution in [3.8, 4) is 0 Å². The van der Waals surface area contributed by atoms with Gasteiger partial charge in [-0.25, -0.2) is 4.39 Å². The van der Waals surface area contributed by atoms with Gasteiger partial charge in [0.1, 0.15) is 6.10 Å². The first-order chi connectivity index (χ1) is 14.0. The Morgan fingerprint density at radius 3 is 2.70 bits per heavy atom. The molecule has 0 aliphatic heterocycles. The fourth-order valence-electron chi connectivity index (χ4n) is 7.47. The Bertz CT molecular complexity index is 831. The number of allylic oxidation sites excluding steroid dienone is 4. The number of alkyl halides is 1. The molecule has 166 valence electrons. The minimum Gasteiger partial charge on any atom is -0.461 e. The Hall–Kier alpha value is -1.49. The fraction of sp³-hybridized carbons (Fsp3) is 0.760.